The second-order valence-corrected chi connectivity index (χ2v) is 10.2. The monoisotopic (exact) mass is 434 g/mol. The van der Waals surface area contributed by atoms with Crippen LogP contribution in [0.25, 0.3) is 21.5 Å². The lowest BCUT2D eigenvalue weighted by molar-refractivity contribution is 0.220. The molecule has 0 fully saturated rings. The van der Waals surface area contributed by atoms with Crippen LogP contribution in [0.2, 0.25) is 0 Å². The maximum atomic E-state index is 12.2. The Labute approximate surface area is 183 Å². The highest BCUT2D eigenvalue weighted by Gasteiger charge is 2.16. The highest BCUT2D eigenvalue weighted by molar-refractivity contribution is 7.91. The molecule has 4 aromatic carbocycles. The van der Waals surface area contributed by atoms with Crippen molar-refractivity contribution in [3.05, 3.63) is 82.9 Å². The topological polar surface area (TPSA) is 63.6 Å². The molecule has 0 heterocycles. The number of rotatable bonds is 5. The van der Waals surface area contributed by atoms with Gasteiger partial charge in [-0.3, -0.25) is 0 Å². The first kappa shape index (κ1) is 21.3. The van der Waals surface area contributed by atoms with Gasteiger partial charge < -0.3 is 9.84 Å². The van der Waals surface area contributed by atoms with E-state index in [0.29, 0.717) is 4.90 Å². The van der Waals surface area contributed by atoms with Crippen molar-refractivity contribution in [3.8, 4) is 5.75 Å². The fraction of sp³-hybridized carbons (Fsp3) is 0.231. The van der Waals surface area contributed by atoms with Crippen molar-refractivity contribution in [3.63, 3.8) is 0 Å². The number of aliphatic hydroxyl groups excluding tert-OH is 1. The molecule has 0 saturated carbocycles. The lowest BCUT2D eigenvalue weighted by atomic mass is 9.93. The number of aliphatic hydroxyl groups is 1. The van der Waals surface area contributed by atoms with E-state index in [4.69, 9.17) is 4.74 Å². The van der Waals surface area contributed by atoms with E-state index in [0.717, 1.165) is 49.5 Å². The Bertz CT molecular complexity index is 1400. The largest absolute Gasteiger partial charge is 0.496 e. The summed E-state index contributed by atoms with van der Waals surface area (Å²) in [5.41, 5.74) is 3.74. The van der Waals surface area contributed by atoms with Crippen molar-refractivity contribution in [2.24, 2.45) is 0 Å². The summed E-state index contributed by atoms with van der Waals surface area (Å²) in [7, 11) is -1.58. The highest BCUT2D eigenvalue weighted by Crippen LogP contribution is 2.34. The summed E-state index contributed by atoms with van der Waals surface area (Å²) in [6, 6.07) is 18.8. The molecule has 31 heavy (non-hydrogen) atoms. The normalized spacial score (nSPS) is 12.9. The first-order valence-corrected chi connectivity index (χ1v) is 11.9. The third kappa shape index (κ3) is 3.80. The highest BCUT2D eigenvalue weighted by atomic mass is 32.2. The van der Waals surface area contributed by atoms with E-state index in [9.17, 15) is 13.5 Å². The minimum absolute atomic E-state index is 0.0715. The molecule has 0 aliphatic carbocycles. The number of hydrogen-bond donors (Lipinski definition) is 1. The number of fused-ring (bicyclic) bond motifs is 2. The molecule has 160 valence electrons. The van der Waals surface area contributed by atoms with Crippen LogP contribution in [0.3, 0.4) is 0 Å². The first-order valence-electron chi connectivity index (χ1n) is 10.3. The van der Waals surface area contributed by atoms with E-state index in [1.807, 2.05) is 56.3 Å². The fourth-order valence-electron chi connectivity index (χ4n) is 4.08. The maximum Gasteiger partial charge on any atom is 0.178 e. The Morgan fingerprint density at radius 1 is 0.871 bits per heavy atom. The van der Waals surface area contributed by atoms with Gasteiger partial charge in [-0.05, 0) is 88.0 Å². The molecule has 0 aliphatic rings. The summed E-state index contributed by atoms with van der Waals surface area (Å²) in [6.07, 6.45) is -0.783. The van der Waals surface area contributed by atoms with Crippen molar-refractivity contribution >= 4 is 31.4 Å². The van der Waals surface area contributed by atoms with Crippen LogP contribution >= 0.6 is 0 Å². The lowest BCUT2D eigenvalue weighted by Crippen LogP contribution is -2.03. The zero-order valence-corrected chi connectivity index (χ0v) is 19.0. The number of sulfone groups is 1. The zero-order chi connectivity index (χ0) is 22.3. The molecule has 1 atom stereocenters. The Balaban J connectivity index is 1.75. The van der Waals surface area contributed by atoms with Gasteiger partial charge in [0.2, 0.25) is 0 Å². The molecule has 1 N–H and O–H groups in total. The van der Waals surface area contributed by atoms with Crippen molar-refractivity contribution in [1.29, 1.82) is 0 Å². The van der Waals surface area contributed by atoms with E-state index >= 15 is 0 Å². The number of benzene rings is 4. The minimum atomic E-state index is -3.25. The van der Waals surface area contributed by atoms with Crippen LogP contribution in [0, 0.1) is 13.8 Å². The number of methoxy groups -OCH3 is 1. The molecule has 0 saturated heterocycles. The number of hydrogen-bond acceptors (Lipinski definition) is 4. The molecule has 0 radical (unpaired) electrons. The van der Waals surface area contributed by atoms with Crippen LogP contribution in [-0.4, -0.2) is 26.4 Å². The molecule has 0 aliphatic heterocycles. The lowest BCUT2D eigenvalue weighted by Gasteiger charge is -2.16. The van der Waals surface area contributed by atoms with Crippen LogP contribution in [0.1, 0.15) is 35.3 Å². The minimum Gasteiger partial charge on any atom is -0.496 e. The fourth-order valence-corrected chi connectivity index (χ4v) is 4.99. The van der Waals surface area contributed by atoms with Gasteiger partial charge >= 0.3 is 0 Å². The van der Waals surface area contributed by atoms with Crippen molar-refractivity contribution in [2.45, 2.75) is 31.8 Å². The molecule has 0 spiro atoms. The van der Waals surface area contributed by atoms with Crippen LogP contribution in [0.4, 0.5) is 0 Å². The number of ether oxygens (including phenoxy) is 1. The molecule has 0 aromatic heterocycles. The van der Waals surface area contributed by atoms with Gasteiger partial charge in [0.15, 0.2) is 9.84 Å². The van der Waals surface area contributed by atoms with Gasteiger partial charge in [-0.2, -0.15) is 0 Å². The summed E-state index contributed by atoms with van der Waals surface area (Å²) < 4.78 is 29.8. The Hall–Kier alpha value is -2.89. The second-order valence-electron chi connectivity index (χ2n) is 7.90. The van der Waals surface area contributed by atoms with Crippen LogP contribution in [-0.2, 0) is 9.84 Å². The van der Waals surface area contributed by atoms with Gasteiger partial charge in [-0.15, -0.1) is 0 Å². The van der Waals surface area contributed by atoms with Gasteiger partial charge in [0.1, 0.15) is 11.9 Å². The van der Waals surface area contributed by atoms with Crippen LogP contribution in [0.5, 0.6) is 5.75 Å². The predicted octanol–water partition coefficient (Wildman–Crippen LogP) is 5.49. The van der Waals surface area contributed by atoms with Crippen LogP contribution < -0.4 is 4.74 Å². The molecule has 4 rings (SSSR count). The van der Waals surface area contributed by atoms with E-state index in [1.54, 1.807) is 32.2 Å². The SMILES string of the molecule is CCS(=O)(=O)c1ccc2cc(C(O)c3ccc4c(C)c(OC)cc(C)c4c3)ccc2c1. The Kier molecular flexibility index (Phi) is 5.50. The molecule has 5 heteroatoms. The van der Waals surface area contributed by atoms with Gasteiger partial charge in [-0.1, -0.05) is 37.3 Å². The smallest absolute Gasteiger partial charge is 0.178 e. The molecular weight excluding hydrogens is 408 g/mol. The number of aryl methyl sites for hydroxylation is 2. The van der Waals surface area contributed by atoms with E-state index in [2.05, 4.69) is 0 Å². The Morgan fingerprint density at radius 2 is 1.52 bits per heavy atom. The molecule has 1 unspecified atom stereocenters. The van der Waals surface area contributed by atoms with Gasteiger partial charge in [-0.25, -0.2) is 8.42 Å². The van der Waals surface area contributed by atoms with Gasteiger partial charge in [0.25, 0.3) is 0 Å². The summed E-state index contributed by atoms with van der Waals surface area (Å²) in [6.45, 7) is 5.72. The average molecular weight is 435 g/mol. The quantitative estimate of drug-likeness (QED) is 0.451. The summed E-state index contributed by atoms with van der Waals surface area (Å²) in [5, 5.41) is 15.0. The van der Waals surface area contributed by atoms with E-state index in [1.165, 1.54) is 0 Å². The van der Waals surface area contributed by atoms with Crippen molar-refractivity contribution in [1.82, 2.24) is 0 Å². The van der Waals surface area contributed by atoms with Crippen molar-refractivity contribution < 1.29 is 18.3 Å². The third-order valence-corrected chi connectivity index (χ3v) is 7.75. The standard InChI is InChI=1S/C26H26O4S/c1-5-31(28,29)22-10-8-18-13-20(7-6-19(18)14-22)26(27)21-9-11-23-17(3)25(30-4)12-16(2)24(23)15-21/h6-15,26-27H,5H2,1-4H3. The molecule has 4 nitrogen and oxygen atoms in total. The molecule has 0 amide bonds. The zero-order valence-electron chi connectivity index (χ0n) is 18.1. The summed E-state index contributed by atoms with van der Waals surface area (Å²) in [4.78, 5) is 0.326. The van der Waals surface area contributed by atoms with E-state index < -0.39 is 15.9 Å². The average Bonchev–Trinajstić information content (AvgIpc) is 2.79. The van der Waals surface area contributed by atoms with E-state index in [-0.39, 0.29) is 5.75 Å². The maximum absolute atomic E-state index is 12.2. The first-order chi connectivity index (χ1) is 14.7. The molecule has 4 aromatic rings. The van der Waals surface area contributed by atoms with Gasteiger partial charge in [0, 0.05) is 0 Å². The second kappa shape index (κ2) is 7.98. The van der Waals surface area contributed by atoms with Crippen LogP contribution in [0.15, 0.2) is 65.6 Å². The summed E-state index contributed by atoms with van der Waals surface area (Å²) in [5.74, 6) is 0.930. The molecular formula is C26H26O4S. The van der Waals surface area contributed by atoms with Gasteiger partial charge in [0.05, 0.1) is 17.8 Å². The predicted molar refractivity (Wildman–Crippen MR) is 126 cm³/mol. The summed E-state index contributed by atoms with van der Waals surface area (Å²) >= 11 is 0. The Morgan fingerprint density at radius 3 is 2.23 bits per heavy atom. The van der Waals surface area contributed by atoms with Crippen molar-refractivity contribution in [2.75, 3.05) is 12.9 Å². The third-order valence-electron chi connectivity index (χ3n) is 6.02. The molecule has 0 bridgehead atoms.